The fraction of sp³-hybridized carbons (Fsp3) is 0.462. The Balaban J connectivity index is 2.12. The number of hydrogen-bond donors (Lipinski definition) is 1. The van der Waals surface area contributed by atoms with Gasteiger partial charge in [0, 0.05) is 30.9 Å². The van der Waals surface area contributed by atoms with Gasteiger partial charge in [-0.25, -0.2) is 0 Å². The van der Waals surface area contributed by atoms with Crippen LogP contribution in [0.3, 0.4) is 0 Å². The summed E-state index contributed by atoms with van der Waals surface area (Å²) in [4.78, 5) is 14.7. The normalized spacial score (nSPS) is 25.1. The third-order valence-electron chi connectivity index (χ3n) is 3.38. The van der Waals surface area contributed by atoms with Gasteiger partial charge in [-0.2, -0.15) is 0 Å². The second kappa shape index (κ2) is 5.44. The van der Waals surface area contributed by atoms with Gasteiger partial charge in [0.25, 0.3) is 0 Å². The number of carbonyl (C=O) groups is 1. The summed E-state index contributed by atoms with van der Waals surface area (Å²) in [5, 5.41) is 8.93. The number of para-hydroxylation sites is 1. The second-order valence-corrected chi connectivity index (χ2v) is 4.79. The monoisotopic (exact) mass is 244 g/mol. The molecule has 0 aliphatic carbocycles. The molecule has 4 nitrogen and oxygen atoms in total. The molecular weight excluding hydrogens is 227 g/mol. The van der Waals surface area contributed by atoms with Crippen LogP contribution in [0.4, 0.5) is 5.69 Å². The predicted octanol–water partition coefficient (Wildman–Crippen LogP) is 1.12. The molecule has 0 saturated carbocycles. The molecule has 2 rings (SSSR count). The van der Waals surface area contributed by atoms with Gasteiger partial charge in [0.2, 0.25) is 0 Å². The molecule has 1 saturated heterocycles. The largest absolute Gasteiger partial charge is 0.481 e. The molecular formula is C13H17BN2O2. The van der Waals surface area contributed by atoms with E-state index in [1.165, 1.54) is 0 Å². The Bertz CT molecular complexity index is 413. The number of benzene rings is 1. The van der Waals surface area contributed by atoms with Gasteiger partial charge in [-0.3, -0.25) is 4.79 Å². The van der Waals surface area contributed by atoms with Crippen LogP contribution in [0.25, 0.3) is 0 Å². The van der Waals surface area contributed by atoms with E-state index in [1.54, 1.807) is 4.81 Å². The first kappa shape index (κ1) is 13.0. The molecule has 0 aromatic heterocycles. The van der Waals surface area contributed by atoms with E-state index in [9.17, 15) is 4.79 Å². The third-order valence-corrected chi connectivity index (χ3v) is 3.38. The van der Waals surface area contributed by atoms with Crippen molar-refractivity contribution in [1.29, 1.82) is 0 Å². The van der Waals surface area contributed by atoms with Crippen LogP contribution in [0.1, 0.15) is 13.3 Å². The zero-order valence-electron chi connectivity index (χ0n) is 10.5. The summed E-state index contributed by atoms with van der Waals surface area (Å²) in [5.41, 5.74) is 1.12. The Morgan fingerprint density at radius 3 is 2.67 bits per heavy atom. The van der Waals surface area contributed by atoms with Crippen LogP contribution in [0.15, 0.2) is 30.3 Å². The van der Waals surface area contributed by atoms with Gasteiger partial charge in [-0.05, 0) is 19.1 Å². The van der Waals surface area contributed by atoms with E-state index in [2.05, 4.69) is 4.90 Å². The second-order valence-electron chi connectivity index (χ2n) is 4.79. The molecule has 1 aromatic carbocycles. The molecule has 5 heteroatoms. The molecule has 1 aliphatic rings. The number of aliphatic carboxylic acids is 1. The summed E-state index contributed by atoms with van der Waals surface area (Å²) >= 11 is 0. The first-order valence-corrected chi connectivity index (χ1v) is 6.12. The highest BCUT2D eigenvalue weighted by Gasteiger charge is 2.30. The van der Waals surface area contributed by atoms with Crippen LogP contribution in [0.2, 0.25) is 0 Å². The molecule has 1 aliphatic heterocycles. The van der Waals surface area contributed by atoms with Crippen LogP contribution in [-0.4, -0.2) is 49.0 Å². The molecule has 1 fully saturated rings. The van der Waals surface area contributed by atoms with E-state index in [0.717, 1.165) is 12.2 Å². The average molecular weight is 244 g/mol. The Morgan fingerprint density at radius 2 is 2.06 bits per heavy atom. The van der Waals surface area contributed by atoms with Crippen molar-refractivity contribution < 1.29 is 9.90 Å². The van der Waals surface area contributed by atoms with Crippen molar-refractivity contribution in [2.24, 2.45) is 0 Å². The number of hydrogen-bond acceptors (Lipinski definition) is 3. The molecule has 2 radical (unpaired) electrons. The minimum absolute atomic E-state index is 0.0736. The Hall–Kier alpha value is -1.49. The van der Waals surface area contributed by atoms with Crippen molar-refractivity contribution in [3.05, 3.63) is 30.3 Å². The van der Waals surface area contributed by atoms with Crippen LogP contribution >= 0.6 is 0 Å². The maximum Gasteiger partial charge on any atom is 0.304 e. The number of rotatable bonds is 3. The molecule has 2 unspecified atom stereocenters. The molecule has 1 N–H and O–H groups in total. The lowest BCUT2D eigenvalue weighted by molar-refractivity contribution is -0.138. The molecule has 0 bridgehead atoms. The van der Waals surface area contributed by atoms with Crippen LogP contribution < -0.4 is 4.90 Å². The fourth-order valence-corrected chi connectivity index (χ4v) is 2.42. The number of carboxylic acids is 1. The molecule has 94 valence electrons. The van der Waals surface area contributed by atoms with Crippen molar-refractivity contribution in [2.45, 2.75) is 25.4 Å². The summed E-state index contributed by atoms with van der Waals surface area (Å²) in [6.45, 7) is 3.48. The lowest BCUT2D eigenvalue weighted by Gasteiger charge is -2.45. The highest BCUT2D eigenvalue weighted by Crippen LogP contribution is 2.22. The summed E-state index contributed by atoms with van der Waals surface area (Å²) in [6.07, 6.45) is 0.0736. The van der Waals surface area contributed by atoms with Crippen LogP contribution in [-0.2, 0) is 4.79 Å². The summed E-state index contributed by atoms with van der Waals surface area (Å²) in [5.74, 6) is -0.808. The van der Waals surface area contributed by atoms with E-state index in [-0.39, 0.29) is 18.5 Å². The fourth-order valence-electron chi connectivity index (χ4n) is 2.42. The average Bonchev–Trinajstić information content (AvgIpc) is 2.35. The number of anilines is 1. The van der Waals surface area contributed by atoms with E-state index in [4.69, 9.17) is 13.1 Å². The molecule has 0 spiro atoms. The van der Waals surface area contributed by atoms with Gasteiger partial charge in [-0.1, -0.05) is 18.2 Å². The topological polar surface area (TPSA) is 43.8 Å². The quantitative estimate of drug-likeness (QED) is 0.809. The standard InChI is InChI=1S/C13H17BN2O2/c1-10-8-15(11-5-3-2-4-6-11)9-12(16(10)14)7-13(17)18/h2-6,10,12H,7-9H2,1H3,(H,17,18). The van der Waals surface area contributed by atoms with E-state index in [0.29, 0.717) is 6.54 Å². The molecule has 18 heavy (non-hydrogen) atoms. The first-order valence-electron chi connectivity index (χ1n) is 6.12. The smallest absolute Gasteiger partial charge is 0.304 e. The SMILES string of the molecule is [B]N1C(C)CN(c2ccccc2)CC1CC(=O)O. The highest BCUT2D eigenvalue weighted by molar-refractivity contribution is 6.05. The first-order chi connectivity index (χ1) is 8.58. The van der Waals surface area contributed by atoms with Gasteiger partial charge >= 0.3 is 5.97 Å². The van der Waals surface area contributed by atoms with Crippen molar-refractivity contribution in [2.75, 3.05) is 18.0 Å². The Labute approximate surface area is 109 Å². The number of carboxylic acid groups (broad SMARTS) is 1. The maximum absolute atomic E-state index is 10.9. The van der Waals surface area contributed by atoms with Gasteiger partial charge in [-0.15, -0.1) is 0 Å². The van der Waals surface area contributed by atoms with Crippen LogP contribution in [0.5, 0.6) is 0 Å². The van der Waals surface area contributed by atoms with Crippen LogP contribution in [0, 0.1) is 0 Å². The van der Waals surface area contributed by atoms with Crippen molar-refractivity contribution in [3.8, 4) is 0 Å². The van der Waals surface area contributed by atoms with Crippen molar-refractivity contribution in [3.63, 3.8) is 0 Å². The van der Waals surface area contributed by atoms with E-state index < -0.39 is 5.97 Å². The zero-order chi connectivity index (χ0) is 13.1. The van der Waals surface area contributed by atoms with Gasteiger partial charge < -0.3 is 14.8 Å². The minimum Gasteiger partial charge on any atom is -0.481 e. The predicted molar refractivity (Wildman–Crippen MR) is 71.8 cm³/mol. The molecule has 2 atom stereocenters. The third kappa shape index (κ3) is 2.85. The Kier molecular flexibility index (Phi) is 3.92. The van der Waals surface area contributed by atoms with Crippen molar-refractivity contribution >= 4 is 19.6 Å². The lowest BCUT2D eigenvalue weighted by Crippen LogP contribution is -2.57. The zero-order valence-corrected chi connectivity index (χ0v) is 10.5. The van der Waals surface area contributed by atoms with Gasteiger partial charge in [0.05, 0.1) is 6.42 Å². The van der Waals surface area contributed by atoms with E-state index in [1.807, 2.05) is 37.3 Å². The summed E-state index contributed by atoms with van der Waals surface area (Å²) < 4.78 is 0. The van der Waals surface area contributed by atoms with Gasteiger partial charge in [0.1, 0.15) is 0 Å². The minimum atomic E-state index is -0.808. The summed E-state index contributed by atoms with van der Waals surface area (Å²) in [6, 6.07) is 10.0. The number of nitrogens with zero attached hydrogens (tertiary/aromatic N) is 2. The maximum atomic E-state index is 10.9. The van der Waals surface area contributed by atoms with Gasteiger partial charge in [0.15, 0.2) is 7.98 Å². The molecule has 0 amide bonds. The van der Waals surface area contributed by atoms with Crippen molar-refractivity contribution in [1.82, 2.24) is 4.81 Å². The summed E-state index contributed by atoms with van der Waals surface area (Å²) in [7, 11) is 5.95. The highest BCUT2D eigenvalue weighted by atomic mass is 16.4. The van der Waals surface area contributed by atoms with E-state index >= 15 is 0 Å². The Morgan fingerprint density at radius 1 is 1.39 bits per heavy atom. The number of piperazine rings is 1. The lowest BCUT2D eigenvalue weighted by atomic mass is 9.99. The molecule has 1 aromatic rings. The molecule has 1 heterocycles.